The van der Waals surface area contributed by atoms with Gasteiger partial charge in [-0.25, -0.2) is 4.98 Å². The van der Waals surface area contributed by atoms with Crippen molar-refractivity contribution in [2.24, 2.45) is 0 Å². The van der Waals surface area contributed by atoms with Crippen LogP contribution in [0.1, 0.15) is 10.6 Å². The average molecular weight is 330 g/mol. The fourth-order valence-corrected chi connectivity index (χ4v) is 3.80. The fourth-order valence-electron chi connectivity index (χ4n) is 2.80. The van der Waals surface area contributed by atoms with Gasteiger partial charge in [-0.2, -0.15) is 0 Å². The summed E-state index contributed by atoms with van der Waals surface area (Å²) < 4.78 is 1.26. The second-order valence-electron chi connectivity index (χ2n) is 6.01. The van der Waals surface area contributed by atoms with Gasteiger partial charge in [0.25, 0.3) is 0 Å². The lowest BCUT2D eigenvalue weighted by atomic mass is 10.1. The van der Waals surface area contributed by atoms with Gasteiger partial charge in [-0.15, -0.1) is 11.3 Å². The first-order chi connectivity index (χ1) is 11.7. The average Bonchev–Trinajstić information content (AvgIpc) is 3.04. The normalized spacial score (nSPS) is 11.6. The Morgan fingerprint density at radius 1 is 0.875 bits per heavy atom. The first-order valence-electron chi connectivity index (χ1n) is 7.94. The van der Waals surface area contributed by atoms with Crippen LogP contribution in [0.15, 0.2) is 60.7 Å². The van der Waals surface area contributed by atoms with Crippen molar-refractivity contribution < 1.29 is 0 Å². The van der Waals surface area contributed by atoms with Crippen LogP contribution in [-0.2, 0) is 0 Å². The van der Waals surface area contributed by atoms with E-state index in [0.717, 1.165) is 10.5 Å². The lowest BCUT2D eigenvalue weighted by Gasteiger charge is -2.11. The topological polar surface area (TPSA) is 16.1 Å². The van der Waals surface area contributed by atoms with E-state index in [1.807, 2.05) is 0 Å². The van der Waals surface area contributed by atoms with Gasteiger partial charge in [-0.3, -0.25) is 0 Å². The standard InChI is InChI=1S/C21H18N2S/c1-23(2)17-11-7-15(8-12-17)9-14-20-22-19-13-10-16-5-3-4-6-18(16)21(19)24-20/h3-14H,1-2H3. The van der Waals surface area contributed by atoms with Gasteiger partial charge >= 0.3 is 0 Å². The summed E-state index contributed by atoms with van der Waals surface area (Å²) in [5, 5.41) is 3.59. The van der Waals surface area contributed by atoms with Crippen LogP contribution in [-0.4, -0.2) is 19.1 Å². The molecule has 0 saturated carbocycles. The van der Waals surface area contributed by atoms with E-state index in [1.54, 1.807) is 11.3 Å². The Labute approximate surface area is 145 Å². The van der Waals surface area contributed by atoms with Gasteiger partial charge in [0.05, 0.1) is 10.2 Å². The third-order valence-electron chi connectivity index (χ3n) is 4.12. The Kier molecular flexibility index (Phi) is 3.79. The molecule has 4 rings (SSSR count). The minimum Gasteiger partial charge on any atom is -0.378 e. The van der Waals surface area contributed by atoms with Gasteiger partial charge in [0.15, 0.2) is 0 Å². The summed E-state index contributed by atoms with van der Waals surface area (Å²) in [5.74, 6) is 0. The number of aromatic nitrogens is 1. The molecule has 0 N–H and O–H groups in total. The molecular formula is C21H18N2S. The molecule has 0 fully saturated rings. The van der Waals surface area contributed by atoms with Crippen molar-refractivity contribution in [2.75, 3.05) is 19.0 Å². The molecular weight excluding hydrogens is 312 g/mol. The Morgan fingerprint density at radius 3 is 2.46 bits per heavy atom. The molecule has 0 spiro atoms. The molecule has 1 aromatic heterocycles. The van der Waals surface area contributed by atoms with Crippen LogP contribution >= 0.6 is 11.3 Å². The molecule has 118 valence electrons. The molecule has 4 aromatic rings. The minimum atomic E-state index is 1.04. The lowest BCUT2D eigenvalue weighted by Crippen LogP contribution is -2.07. The van der Waals surface area contributed by atoms with Crippen LogP contribution in [0, 0.1) is 0 Å². The third kappa shape index (κ3) is 2.79. The fraction of sp³-hybridized carbons (Fsp3) is 0.0952. The number of thiazole rings is 1. The minimum absolute atomic E-state index is 1.04. The number of nitrogens with zero attached hydrogens (tertiary/aromatic N) is 2. The molecule has 3 heteroatoms. The molecule has 1 heterocycles. The van der Waals surface area contributed by atoms with Crippen molar-refractivity contribution in [2.45, 2.75) is 0 Å². The highest BCUT2D eigenvalue weighted by Gasteiger charge is 2.05. The Bertz CT molecular complexity index is 1030. The van der Waals surface area contributed by atoms with E-state index in [1.165, 1.54) is 26.7 Å². The second kappa shape index (κ2) is 6.10. The zero-order valence-corrected chi connectivity index (χ0v) is 14.5. The maximum atomic E-state index is 4.75. The number of benzene rings is 3. The Balaban J connectivity index is 1.68. The molecule has 0 radical (unpaired) electrons. The molecule has 0 amide bonds. The van der Waals surface area contributed by atoms with E-state index in [-0.39, 0.29) is 0 Å². The highest BCUT2D eigenvalue weighted by atomic mass is 32.1. The number of rotatable bonds is 3. The molecule has 0 saturated heterocycles. The Morgan fingerprint density at radius 2 is 1.67 bits per heavy atom. The van der Waals surface area contributed by atoms with Crippen LogP contribution in [0.4, 0.5) is 5.69 Å². The molecule has 0 aliphatic rings. The molecule has 0 bridgehead atoms. The van der Waals surface area contributed by atoms with Crippen molar-refractivity contribution >= 4 is 50.2 Å². The number of hydrogen-bond acceptors (Lipinski definition) is 3. The SMILES string of the molecule is CN(C)c1ccc(C=Cc2nc3ccc4ccccc4c3s2)cc1. The quantitative estimate of drug-likeness (QED) is 0.480. The van der Waals surface area contributed by atoms with E-state index >= 15 is 0 Å². The summed E-state index contributed by atoms with van der Waals surface area (Å²) in [6.07, 6.45) is 4.23. The summed E-state index contributed by atoms with van der Waals surface area (Å²) in [7, 11) is 4.10. The van der Waals surface area contributed by atoms with Crippen molar-refractivity contribution in [3.05, 3.63) is 71.2 Å². The predicted molar refractivity (Wildman–Crippen MR) is 107 cm³/mol. The monoisotopic (exact) mass is 330 g/mol. The first kappa shape index (κ1) is 14.9. The summed E-state index contributed by atoms with van der Waals surface area (Å²) in [6.45, 7) is 0. The van der Waals surface area contributed by atoms with Crippen molar-refractivity contribution in [1.29, 1.82) is 0 Å². The van der Waals surface area contributed by atoms with E-state index in [2.05, 4.69) is 91.8 Å². The highest BCUT2D eigenvalue weighted by molar-refractivity contribution is 7.20. The predicted octanol–water partition coefficient (Wildman–Crippen LogP) is 5.69. The van der Waals surface area contributed by atoms with E-state index in [0.29, 0.717) is 0 Å². The van der Waals surface area contributed by atoms with E-state index in [4.69, 9.17) is 4.98 Å². The van der Waals surface area contributed by atoms with Crippen molar-refractivity contribution in [3.63, 3.8) is 0 Å². The largest absolute Gasteiger partial charge is 0.378 e. The van der Waals surface area contributed by atoms with Gasteiger partial charge in [0, 0.05) is 25.2 Å². The molecule has 0 atom stereocenters. The first-order valence-corrected chi connectivity index (χ1v) is 8.76. The van der Waals surface area contributed by atoms with Crippen LogP contribution in [0.3, 0.4) is 0 Å². The molecule has 0 aliphatic heterocycles. The Hall–Kier alpha value is -2.65. The molecule has 24 heavy (non-hydrogen) atoms. The molecule has 2 nitrogen and oxygen atoms in total. The zero-order chi connectivity index (χ0) is 16.5. The molecule has 0 unspecified atom stereocenters. The smallest absolute Gasteiger partial charge is 0.117 e. The van der Waals surface area contributed by atoms with Crippen molar-refractivity contribution in [3.8, 4) is 0 Å². The number of anilines is 1. The van der Waals surface area contributed by atoms with Gasteiger partial charge < -0.3 is 4.90 Å². The third-order valence-corrected chi connectivity index (χ3v) is 5.19. The van der Waals surface area contributed by atoms with Gasteiger partial charge in [0.1, 0.15) is 5.01 Å². The maximum Gasteiger partial charge on any atom is 0.117 e. The maximum absolute atomic E-state index is 4.75. The molecule has 0 aliphatic carbocycles. The zero-order valence-electron chi connectivity index (χ0n) is 13.7. The second-order valence-corrected chi connectivity index (χ2v) is 7.04. The summed E-state index contributed by atoms with van der Waals surface area (Å²) in [4.78, 5) is 6.85. The van der Waals surface area contributed by atoms with Crippen LogP contribution in [0.2, 0.25) is 0 Å². The molecule has 3 aromatic carbocycles. The summed E-state index contributed by atoms with van der Waals surface area (Å²) in [6, 6.07) is 21.3. The summed E-state index contributed by atoms with van der Waals surface area (Å²) >= 11 is 1.75. The van der Waals surface area contributed by atoms with Crippen LogP contribution in [0.5, 0.6) is 0 Å². The van der Waals surface area contributed by atoms with Gasteiger partial charge in [0.2, 0.25) is 0 Å². The number of fused-ring (bicyclic) bond motifs is 3. The lowest BCUT2D eigenvalue weighted by molar-refractivity contribution is 1.13. The van der Waals surface area contributed by atoms with Gasteiger partial charge in [-0.1, -0.05) is 48.5 Å². The van der Waals surface area contributed by atoms with Crippen molar-refractivity contribution in [1.82, 2.24) is 4.98 Å². The summed E-state index contributed by atoms with van der Waals surface area (Å²) in [5.41, 5.74) is 3.46. The number of hydrogen-bond donors (Lipinski definition) is 0. The van der Waals surface area contributed by atoms with Crippen LogP contribution < -0.4 is 4.90 Å². The van der Waals surface area contributed by atoms with E-state index in [9.17, 15) is 0 Å². The van der Waals surface area contributed by atoms with E-state index < -0.39 is 0 Å². The van der Waals surface area contributed by atoms with Gasteiger partial charge in [-0.05, 0) is 35.2 Å². The highest BCUT2D eigenvalue weighted by Crippen LogP contribution is 2.31. The van der Waals surface area contributed by atoms with Crippen LogP contribution in [0.25, 0.3) is 33.1 Å².